The standard InChI is InChI=1S/C10H9NO2S2Se/c1-4-6-7-9(10(12)11(3)15(7)13)16-8(6)5(2)14-4/h1-3H3. The van der Waals surface area contributed by atoms with Crippen LogP contribution in [0.25, 0.3) is 9.65 Å². The number of thiophene rings is 1. The molecule has 3 heterocycles. The van der Waals surface area contributed by atoms with E-state index in [0.717, 1.165) is 14.7 Å². The molecule has 0 bridgehead atoms. The first kappa shape index (κ1) is 10.7. The predicted octanol–water partition coefficient (Wildman–Crippen LogP) is 1.68. The van der Waals surface area contributed by atoms with Gasteiger partial charge in [-0.1, -0.05) is 0 Å². The van der Waals surface area contributed by atoms with Crippen LogP contribution in [0.3, 0.4) is 0 Å². The van der Waals surface area contributed by atoms with Gasteiger partial charge in [0.05, 0.1) is 0 Å². The number of aryl methyl sites for hydroxylation is 2. The van der Waals surface area contributed by atoms with Crippen LogP contribution in [0.2, 0.25) is 0 Å². The molecule has 1 aliphatic rings. The number of hydrogen-bond donors (Lipinski definition) is 0. The average molecular weight is 318 g/mol. The third-order valence-electron chi connectivity index (χ3n) is 2.75. The quantitative estimate of drug-likeness (QED) is 0.693. The van der Waals surface area contributed by atoms with Crippen LogP contribution in [0, 0.1) is 13.8 Å². The van der Waals surface area contributed by atoms with Gasteiger partial charge in [0, 0.05) is 0 Å². The second-order valence-electron chi connectivity index (χ2n) is 3.73. The molecule has 1 amide bonds. The normalized spacial score (nSPS) is 19.8. The minimum absolute atomic E-state index is 0.0478. The maximum absolute atomic E-state index is 12.1. The summed E-state index contributed by atoms with van der Waals surface area (Å²) in [7, 11) is 0.336. The summed E-state index contributed by atoms with van der Waals surface area (Å²) in [6, 6.07) is 0. The van der Waals surface area contributed by atoms with Gasteiger partial charge in [0.15, 0.2) is 0 Å². The average Bonchev–Trinajstić information content (AvgIpc) is 2.80. The zero-order chi connectivity index (χ0) is 11.6. The van der Waals surface area contributed by atoms with Gasteiger partial charge in [-0.3, -0.25) is 0 Å². The first-order chi connectivity index (χ1) is 7.52. The topological polar surface area (TPSA) is 37.4 Å². The Hall–Kier alpha value is -0.421. The molecular weight excluding hydrogens is 309 g/mol. The van der Waals surface area contributed by atoms with E-state index >= 15 is 0 Å². The summed E-state index contributed by atoms with van der Waals surface area (Å²) in [4.78, 5) is 15.1. The molecule has 0 saturated carbocycles. The molecule has 2 aromatic rings. The Morgan fingerprint density at radius 2 is 2.00 bits per heavy atom. The van der Waals surface area contributed by atoms with Gasteiger partial charge in [-0.15, -0.1) is 0 Å². The fourth-order valence-electron chi connectivity index (χ4n) is 1.97. The minimum atomic E-state index is -1.28. The first-order valence-electron chi connectivity index (χ1n) is 4.74. The monoisotopic (exact) mass is 319 g/mol. The van der Waals surface area contributed by atoms with Crippen LogP contribution in [0.1, 0.15) is 19.0 Å². The van der Waals surface area contributed by atoms with Crippen molar-refractivity contribution in [1.82, 2.24) is 4.31 Å². The van der Waals surface area contributed by atoms with Crippen LogP contribution in [-0.4, -0.2) is 36.0 Å². The third-order valence-corrected chi connectivity index (χ3v) is 8.49. The van der Waals surface area contributed by atoms with Crippen LogP contribution < -0.4 is 0 Å². The van der Waals surface area contributed by atoms with E-state index < -0.39 is 11.0 Å². The molecule has 0 aromatic carbocycles. The molecular formula is C10H9NO2S2Se. The van der Waals surface area contributed by atoms with Crippen LogP contribution in [0.15, 0.2) is 4.90 Å². The van der Waals surface area contributed by atoms with Crippen molar-refractivity contribution in [2.75, 3.05) is 7.05 Å². The second kappa shape index (κ2) is 3.29. The molecule has 6 heteroatoms. The number of carbonyl (C=O) groups is 1. The summed E-state index contributed by atoms with van der Waals surface area (Å²) < 4.78 is 15.5. The molecule has 16 heavy (non-hydrogen) atoms. The molecule has 0 aliphatic carbocycles. The molecule has 0 spiro atoms. The van der Waals surface area contributed by atoms with Gasteiger partial charge in [0.2, 0.25) is 0 Å². The van der Waals surface area contributed by atoms with Gasteiger partial charge in [0.1, 0.15) is 0 Å². The van der Waals surface area contributed by atoms with E-state index in [1.807, 2.05) is 6.92 Å². The summed E-state index contributed by atoms with van der Waals surface area (Å²) in [5.41, 5.74) is 0. The fraction of sp³-hybridized carbons (Fsp3) is 0.300. The SMILES string of the molecule is Cc1sc(C)c2c3c([se]c12)C(=O)N(C)S3=O. The van der Waals surface area contributed by atoms with Crippen LogP contribution in [0.4, 0.5) is 0 Å². The van der Waals surface area contributed by atoms with Crippen molar-refractivity contribution in [3.8, 4) is 0 Å². The number of hydrogen-bond acceptors (Lipinski definition) is 3. The molecule has 0 N–H and O–H groups in total. The van der Waals surface area contributed by atoms with E-state index in [2.05, 4.69) is 6.92 Å². The van der Waals surface area contributed by atoms with Crippen molar-refractivity contribution in [3.63, 3.8) is 0 Å². The maximum atomic E-state index is 12.1. The molecule has 1 unspecified atom stereocenters. The Kier molecular flexibility index (Phi) is 2.20. The van der Waals surface area contributed by atoms with Gasteiger partial charge in [-0.25, -0.2) is 0 Å². The summed E-state index contributed by atoms with van der Waals surface area (Å²) in [6.07, 6.45) is 0. The zero-order valence-corrected chi connectivity index (χ0v) is 12.3. The first-order valence-corrected chi connectivity index (χ1v) is 8.38. The van der Waals surface area contributed by atoms with E-state index in [1.54, 1.807) is 18.4 Å². The van der Waals surface area contributed by atoms with Crippen molar-refractivity contribution in [3.05, 3.63) is 14.2 Å². The summed E-state index contributed by atoms with van der Waals surface area (Å²) in [5.74, 6) is -0.0478. The van der Waals surface area contributed by atoms with Gasteiger partial charge in [-0.2, -0.15) is 0 Å². The Morgan fingerprint density at radius 3 is 2.69 bits per heavy atom. The van der Waals surface area contributed by atoms with E-state index in [0.29, 0.717) is 0 Å². The summed E-state index contributed by atoms with van der Waals surface area (Å²) in [6.45, 7) is 4.13. The van der Waals surface area contributed by atoms with Crippen molar-refractivity contribution in [2.45, 2.75) is 18.7 Å². The molecule has 1 aliphatic heterocycles. The Labute approximate surface area is 105 Å². The van der Waals surface area contributed by atoms with Crippen LogP contribution in [0.5, 0.6) is 0 Å². The number of nitrogens with zero attached hydrogens (tertiary/aromatic N) is 1. The number of amides is 1. The van der Waals surface area contributed by atoms with E-state index in [9.17, 15) is 9.00 Å². The summed E-state index contributed by atoms with van der Waals surface area (Å²) in [5, 5.41) is 1.11. The van der Waals surface area contributed by atoms with Crippen LogP contribution >= 0.6 is 11.3 Å². The van der Waals surface area contributed by atoms with Gasteiger partial charge < -0.3 is 0 Å². The molecule has 0 radical (unpaired) electrons. The van der Waals surface area contributed by atoms with Crippen molar-refractivity contribution >= 4 is 52.4 Å². The summed E-state index contributed by atoms with van der Waals surface area (Å²) >= 11 is 1.79. The third kappa shape index (κ3) is 1.13. The van der Waals surface area contributed by atoms with Gasteiger partial charge >= 0.3 is 106 Å². The second-order valence-corrected chi connectivity index (χ2v) is 8.76. The predicted molar refractivity (Wildman–Crippen MR) is 66.7 cm³/mol. The van der Waals surface area contributed by atoms with Gasteiger partial charge in [0.25, 0.3) is 0 Å². The fourth-order valence-corrected chi connectivity index (χ4v) is 8.11. The van der Waals surface area contributed by atoms with E-state index in [-0.39, 0.29) is 20.4 Å². The van der Waals surface area contributed by atoms with Gasteiger partial charge in [-0.05, 0) is 0 Å². The molecule has 3 rings (SSSR count). The molecule has 2 aromatic heterocycles. The molecule has 84 valence electrons. The number of rotatable bonds is 0. The number of carbonyl (C=O) groups excluding carboxylic acids is 1. The molecule has 3 nitrogen and oxygen atoms in total. The zero-order valence-electron chi connectivity index (χ0n) is 8.99. The van der Waals surface area contributed by atoms with E-state index in [4.69, 9.17) is 0 Å². The molecule has 1 atom stereocenters. The van der Waals surface area contributed by atoms with Crippen LogP contribution in [-0.2, 0) is 11.0 Å². The Morgan fingerprint density at radius 1 is 1.31 bits per heavy atom. The van der Waals surface area contributed by atoms with Crippen molar-refractivity contribution < 1.29 is 9.00 Å². The van der Waals surface area contributed by atoms with Crippen molar-refractivity contribution in [1.29, 1.82) is 0 Å². The molecule has 0 saturated heterocycles. The van der Waals surface area contributed by atoms with E-state index in [1.165, 1.54) is 18.3 Å². The van der Waals surface area contributed by atoms with Crippen molar-refractivity contribution in [2.24, 2.45) is 0 Å². The molecule has 0 fully saturated rings. The Bertz CT molecular complexity index is 655. The Balaban J connectivity index is 2.47. The number of fused-ring (bicyclic) bond motifs is 3.